The third kappa shape index (κ3) is 3.68. The summed E-state index contributed by atoms with van der Waals surface area (Å²) in [6.45, 7) is 3.65. The zero-order chi connectivity index (χ0) is 18.7. The molecule has 130 valence electrons. The van der Waals surface area contributed by atoms with Gasteiger partial charge in [-0.1, -0.05) is 17.7 Å². The maximum absolute atomic E-state index is 9.84. The van der Waals surface area contributed by atoms with Crippen molar-refractivity contribution in [2.75, 3.05) is 5.32 Å². The molecule has 26 heavy (non-hydrogen) atoms. The van der Waals surface area contributed by atoms with E-state index in [1.165, 1.54) is 0 Å². The maximum atomic E-state index is 9.84. The number of hydrogen-bond donors (Lipinski definition) is 3. The van der Waals surface area contributed by atoms with E-state index in [1.807, 2.05) is 32.0 Å². The Bertz CT molecular complexity index is 1010. The number of benzene rings is 2. The van der Waals surface area contributed by atoms with E-state index in [0.717, 1.165) is 22.4 Å². The normalized spacial score (nSPS) is 10.8. The average molecular weight is 366 g/mol. The largest absolute Gasteiger partial charge is 0.507 e. The van der Waals surface area contributed by atoms with Crippen molar-refractivity contribution in [1.29, 1.82) is 5.26 Å². The number of phenols is 1. The van der Waals surface area contributed by atoms with Crippen LogP contribution >= 0.6 is 11.6 Å². The maximum Gasteiger partial charge on any atom is 0.172 e. The molecule has 3 aromatic rings. The van der Waals surface area contributed by atoms with E-state index < -0.39 is 0 Å². The number of H-pyrrole nitrogens is 1. The fourth-order valence-electron chi connectivity index (χ4n) is 2.53. The van der Waals surface area contributed by atoms with Gasteiger partial charge in [0.1, 0.15) is 17.4 Å². The third-order valence-corrected chi connectivity index (χ3v) is 4.04. The van der Waals surface area contributed by atoms with Crippen molar-refractivity contribution in [3.63, 3.8) is 0 Å². The number of halogens is 1. The molecule has 0 aliphatic carbocycles. The predicted molar refractivity (Wildman–Crippen MR) is 103 cm³/mol. The zero-order valence-electron chi connectivity index (χ0n) is 14.2. The van der Waals surface area contributed by atoms with E-state index >= 15 is 0 Å². The topological polar surface area (TPSA) is 97.1 Å². The molecule has 0 aliphatic heterocycles. The standard InChI is InChI=1S/C19H16ClN5O/c1-11-6-13(7-12(2)17(11)26)10-22-18-16(9-21)19(25-24-18)23-15-5-3-4-14(20)8-15/h3-8,10,26H,1-2H3,(H2,23,24,25)/b22-10+. The van der Waals surface area contributed by atoms with Crippen LogP contribution in [0.25, 0.3) is 0 Å². The number of nitriles is 1. The molecule has 6 nitrogen and oxygen atoms in total. The molecule has 0 atom stereocenters. The van der Waals surface area contributed by atoms with Gasteiger partial charge in [0, 0.05) is 16.9 Å². The predicted octanol–water partition coefficient (Wildman–Crippen LogP) is 4.75. The summed E-state index contributed by atoms with van der Waals surface area (Å²) < 4.78 is 0. The van der Waals surface area contributed by atoms with Crippen LogP contribution in [0.4, 0.5) is 17.3 Å². The molecule has 3 N–H and O–H groups in total. The summed E-state index contributed by atoms with van der Waals surface area (Å²) in [4.78, 5) is 4.33. The van der Waals surface area contributed by atoms with Crippen molar-refractivity contribution in [3.8, 4) is 11.8 Å². The number of aromatic nitrogens is 2. The van der Waals surface area contributed by atoms with Gasteiger partial charge in [0.2, 0.25) is 0 Å². The van der Waals surface area contributed by atoms with Crippen molar-refractivity contribution in [1.82, 2.24) is 10.2 Å². The van der Waals surface area contributed by atoms with Crippen LogP contribution in [0.2, 0.25) is 5.02 Å². The van der Waals surface area contributed by atoms with Crippen LogP contribution in [-0.2, 0) is 0 Å². The van der Waals surface area contributed by atoms with Crippen molar-refractivity contribution in [2.45, 2.75) is 13.8 Å². The molecule has 3 rings (SSSR count). The van der Waals surface area contributed by atoms with Gasteiger partial charge in [0.25, 0.3) is 0 Å². The Kier molecular flexibility index (Phi) is 4.92. The number of nitrogens with one attached hydrogen (secondary N) is 2. The van der Waals surface area contributed by atoms with Crippen LogP contribution in [0.15, 0.2) is 41.4 Å². The molecule has 2 aromatic carbocycles. The van der Waals surface area contributed by atoms with Gasteiger partial charge in [-0.2, -0.15) is 10.4 Å². The summed E-state index contributed by atoms with van der Waals surface area (Å²) in [5.74, 6) is 0.995. The Hall–Kier alpha value is -3.30. The molecular formula is C19H16ClN5O. The van der Waals surface area contributed by atoms with Gasteiger partial charge in [0.15, 0.2) is 11.6 Å². The molecule has 0 unspecified atom stereocenters. The van der Waals surface area contributed by atoms with Crippen LogP contribution in [0.3, 0.4) is 0 Å². The highest BCUT2D eigenvalue weighted by Gasteiger charge is 2.12. The van der Waals surface area contributed by atoms with E-state index in [4.69, 9.17) is 11.6 Å². The molecule has 0 aliphatic rings. The lowest BCUT2D eigenvalue weighted by atomic mass is 10.1. The van der Waals surface area contributed by atoms with E-state index in [0.29, 0.717) is 22.2 Å². The first kappa shape index (κ1) is 17.5. The molecule has 0 saturated heterocycles. The van der Waals surface area contributed by atoms with Gasteiger partial charge < -0.3 is 10.4 Å². The molecule has 0 spiro atoms. The van der Waals surface area contributed by atoms with Gasteiger partial charge >= 0.3 is 0 Å². The zero-order valence-corrected chi connectivity index (χ0v) is 15.0. The number of anilines is 2. The highest BCUT2D eigenvalue weighted by molar-refractivity contribution is 6.30. The minimum Gasteiger partial charge on any atom is -0.507 e. The van der Waals surface area contributed by atoms with Gasteiger partial charge in [-0.25, -0.2) is 4.99 Å². The molecule has 1 heterocycles. The van der Waals surface area contributed by atoms with E-state index in [-0.39, 0.29) is 5.75 Å². The van der Waals surface area contributed by atoms with Crippen LogP contribution in [0.1, 0.15) is 22.3 Å². The summed E-state index contributed by atoms with van der Waals surface area (Å²) >= 11 is 5.97. The van der Waals surface area contributed by atoms with E-state index in [9.17, 15) is 10.4 Å². The SMILES string of the molecule is Cc1cc(/C=N/c2[nH]nc(Nc3cccc(Cl)c3)c2C#N)cc(C)c1O. The number of phenolic OH excluding ortho intramolecular Hbond substituents is 1. The number of aromatic amines is 1. The summed E-state index contributed by atoms with van der Waals surface area (Å²) in [6, 6.07) is 12.9. The fourth-order valence-corrected chi connectivity index (χ4v) is 2.72. The Morgan fingerprint density at radius 1 is 1.27 bits per heavy atom. The molecule has 0 fully saturated rings. The summed E-state index contributed by atoms with van der Waals surface area (Å²) in [6.07, 6.45) is 1.62. The van der Waals surface area contributed by atoms with E-state index in [2.05, 4.69) is 26.6 Å². The summed E-state index contributed by atoms with van der Waals surface area (Å²) in [5, 5.41) is 29.8. The lowest BCUT2D eigenvalue weighted by Gasteiger charge is -2.04. The Morgan fingerprint density at radius 2 is 2.00 bits per heavy atom. The molecular weight excluding hydrogens is 350 g/mol. The third-order valence-electron chi connectivity index (χ3n) is 3.80. The van der Waals surface area contributed by atoms with Crippen LogP contribution in [-0.4, -0.2) is 21.5 Å². The second-order valence-electron chi connectivity index (χ2n) is 5.80. The average Bonchev–Trinajstić information content (AvgIpc) is 2.99. The number of aliphatic imine (C=N–C) groups is 1. The van der Waals surface area contributed by atoms with Gasteiger partial charge in [0.05, 0.1) is 0 Å². The number of rotatable bonds is 4. The summed E-state index contributed by atoms with van der Waals surface area (Å²) in [7, 11) is 0. The van der Waals surface area contributed by atoms with Crippen LogP contribution < -0.4 is 5.32 Å². The van der Waals surface area contributed by atoms with Crippen LogP contribution in [0.5, 0.6) is 5.75 Å². The van der Waals surface area contributed by atoms with Gasteiger partial charge in [-0.05, 0) is 60.9 Å². The number of nitrogens with zero attached hydrogens (tertiary/aromatic N) is 3. The molecule has 0 amide bonds. The fraction of sp³-hybridized carbons (Fsp3) is 0.105. The van der Waals surface area contributed by atoms with Crippen molar-refractivity contribution in [2.24, 2.45) is 4.99 Å². The first-order valence-corrected chi connectivity index (χ1v) is 8.21. The second kappa shape index (κ2) is 7.30. The molecule has 7 heteroatoms. The van der Waals surface area contributed by atoms with E-state index in [1.54, 1.807) is 24.4 Å². The quantitative estimate of drug-likeness (QED) is 0.581. The highest BCUT2D eigenvalue weighted by Crippen LogP contribution is 2.27. The van der Waals surface area contributed by atoms with Gasteiger partial charge in [-0.3, -0.25) is 5.10 Å². The summed E-state index contributed by atoms with van der Waals surface area (Å²) in [5.41, 5.74) is 3.37. The molecule has 0 saturated carbocycles. The Labute approximate surface area is 155 Å². The van der Waals surface area contributed by atoms with Crippen molar-refractivity contribution < 1.29 is 5.11 Å². The lowest BCUT2D eigenvalue weighted by molar-refractivity contribution is 0.467. The Balaban J connectivity index is 1.88. The van der Waals surface area contributed by atoms with Crippen molar-refractivity contribution >= 4 is 35.1 Å². The monoisotopic (exact) mass is 365 g/mol. The first-order chi connectivity index (χ1) is 12.5. The number of hydrogen-bond acceptors (Lipinski definition) is 5. The molecule has 0 radical (unpaired) electrons. The van der Waals surface area contributed by atoms with Crippen LogP contribution in [0, 0.1) is 25.2 Å². The molecule has 0 bridgehead atoms. The second-order valence-corrected chi connectivity index (χ2v) is 6.24. The smallest absolute Gasteiger partial charge is 0.172 e. The highest BCUT2D eigenvalue weighted by atomic mass is 35.5. The number of aromatic hydroxyl groups is 1. The minimum atomic E-state index is 0.273. The number of aryl methyl sites for hydroxylation is 2. The van der Waals surface area contributed by atoms with Gasteiger partial charge in [-0.15, -0.1) is 0 Å². The minimum absolute atomic E-state index is 0.273. The Morgan fingerprint density at radius 3 is 2.65 bits per heavy atom. The molecule has 1 aromatic heterocycles. The van der Waals surface area contributed by atoms with Crippen molar-refractivity contribution in [3.05, 3.63) is 63.7 Å². The first-order valence-electron chi connectivity index (χ1n) is 7.83. The lowest BCUT2D eigenvalue weighted by Crippen LogP contribution is -1.92.